The highest BCUT2D eigenvalue weighted by Gasteiger charge is 2.25. The van der Waals surface area contributed by atoms with Gasteiger partial charge in [0.2, 0.25) is 0 Å². The van der Waals surface area contributed by atoms with Crippen LogP contribution >= 0.6 is 0 Å². The molecule has 1 saturated heterocycles. The van der Waals surface area contributed by atoms with Crippen LogP contribution in [0.4, 0.5) is 0 Å². The molecule has 0 aliphatic carbocycles. The molecule has 0 spiro atoms. The van der Waals surface area contributed by atoms with Crippen molar-refractivity contribution in [3.63, 3.8) is 0 Å². The van der Waals surface area contributed by atoms with E-state index in [-0.39, 0.29) is 5.91 Å². The van der Waals surface area contributed by atoms with Crippen molar-refractivity contribution in [1.82, 2.24) is 9.88 Å². The number of likely N-dealkylation sites (tertiary alicyclic amines) is 1. The zero-order valence-electron chi connectivity index (χ0n) is 13.8. The molecule has 0 saturated carbocycles. The highest BCUT2D eigenvalue weighted by molar-refractivity contribution is 5.92. The first-order valence-electron chi connectivity index (χ1n) is 8.25. The normalized spacial score (nSPS) is 18.0. The summed E-state index contributed by atoms with van der Waals surface area (Å²) in [6.07, 6.45) is 4.02. The second-order valence-corrected chi connectivity index (χ2v) is 6.47. The number of H-pyrrole nitrogens is 1. The third kappa shape index (κ3) is 3.95. The SMILES string of the molecule is Cc1ccc(OC[C@@H]2CCCN(C(=O)c3cc(C)c[nH]3)C2)cc1. The van der Waals surface area contributed by atoms with Crippen LogP contribution in [0.25, 0.3) is 0 Å². The number of hydrogen-bond donors (Lipinski definition) is 1. The highest BCUT2D eigenvalue weighted by atomic mass is 16.5. The lowest BCUT2D eigenvalue weighted by Gasteiger charge is -2.32. The monoisotopic (exact) mass is 312 g/mol. The van der Waals surface area contributed by atoms with E-state index >= 15 is 0 Å². The standard InChI is InChI=1S/C19H24N2O2/c1-14-5-7-17(8-6-14)23-13-16-4-3-9-21(12-16)19(22)18-10-15(2)11-20-18/h5-8,10-11,16,20H,3-4,9,12-13H2,1-2H3/t16-/m1/s1. The smallest absolute Gasteiger partial charge is 0.270 e. The van der Waals surface area contributed by atoms with Gasteiger partial charge in [-0.25, -0.2) is 0 Å². The van der Waals surface area contributed by atoms with Crippen LogP contribution in [0, 0.1) is 19.8 Å². The zero-order chi connectivity index (χ0) is 16.2. The lowest BCUT2D eigenvalue weighted by molar-refractivity contribution is 0.0628. The summed E-state index contributed by atoms with van der Waals surface area (Å²) in [4.78, 5) is 17.5. The van der Waals surface area contributed by atoms with Gasteiger partial charge in [0.1, 0.15) is 11.4 Å². The van der Waals surface area contributed by atoms with Crippen LogP contribution < -0.4 is 4.74 Å². The zero-order valence-corrected chi connectivity index (χ0v) is 13.8. The minimum Gasteiger partial charge on any atom is -0.493 e. The van der Waals surface area contributed by atoms with E-state index in [1.165, 1.54) is 5.56 Å². The molecule has 4 nitrogen and oxygen atoms in total. The van der Waals surface area contributed by atoms with Gasteiger partial charge in [-0.2, -0.15) is 0 Å². The van der Waals surface area contributed by atoms with Gasteiger partial charge in [-0.3, -0.25) is 4.79 Å². The molecule has 2 heterocycles. The molecule has 1 aromatic heterocycles. The summed E-state index contributed by atoms with van der Waals surface area (Å²) in [7, 11) is 0. The Morgan fingerprint density at radius 2 is 2.04 bits per heavy atom. The van der Waals surface area contributed by atoms with E-state index in [0.29, 0.717) is 18.2 Å². The number of amides is 1. The molecule has 0 unspecified atom stereocenters. The molecule has 1 amide bonds. The maximum Gasteiger partial charge on any atom is 0.270 e. The van der Waals surface area contributed by atoms with E-state index in [0.717, 1.165) is 37.2 Å². The first-order valence-corrected chi connectivity index (χ1v) is 8.25. The summed E-state index contributed by atoms with van der Waals surface area (Å²) in [6.45, 7) is 6.32. The van der Waals surface area contributed by atoms with Gasteiger partial charge < -0.3 is 14.6 Å². The van der Waals surface area contributed by atoms with Crippen LogP contribution in [0.1, 0.15) is 34.5 Å². The van der Waals surface area contributed by atoms with Crippen molar-refractivity contribution in [2.24, 2.45) is 5.92 Å². The number of nitrogens with one attached hydrogen (secondary N) is 1. The summed E-state index contributed by atoms with van der Waals surface area (Å²) < 4.78 is 5.89. The number of aromatic nitrogens is 1. The first-order chi connectivity index (χ1) is 11.1. The van der Waals surface area contributed by atoms with Crippen molar-refractivity contribution in [2.45, 2.75) is 26.7 Å². The molecule has 1 aliphatic heterocycles. The summed E-state index contributed by atoms with van der Waals surface area (Å²) in [5, 5.41) is 0. The fourth-order valence-corrected chi connectivity index (χ4v) is 3.03. The van der Waals surface area contributed by atoms with Gasteiger partial charge in [0, 0.05) is 25.2 Å². The van der Waals surface area contributed by atoms with E-state index in [1.807, 2.05) is 36.2 Å². The van der Waals surface area contributed by atoms with Gasteiger partial charge >= 0.3 is 0 Å². The maximum atomic E-state index is 12.5. The number of piperidine rings is 1. The molecule has 0 bridgehead atoms. The summed E-state index contributed by atoms with van der Waals surface area (Å²) in [6, 6.07) is 10.0. The number of aromatic amines is 1. The highest BCUT2D eigenvalue weighted by Crippen LogP contribution is 2.20. The van der Waals surface area contributed by atoms with Crippen LogP contribution in [0.2, 0.25) is 0 Å². The topological polar surface area (TPSA) is 45.3 Å². The summed E-state index contributed by atoms with van der Waals surface area (Å²) >= 11 is 0. The Morgan fingerprint density at radius 3 is 2.74 bits per heavy atom. The Labute approximate surface area is 137 Å². The number of aryl methyl sites for hydroxylation is 2. The van der Waals surface area contributed by atoms with E-state index in [1.54, 1.807) is 0 Å². The first kappa shape index (κ1) is 15.7. The van der Waals surface area contributed by atoms with E-state index < -0.39 is 0 Å². The van der Waals surface area contributed by atoms with Gasteiger partial charge in [0.15, 0.2) is 0 Å². The Balaban J connectivity index is 1.55. The molecular formula is C19H24N2O2. The lowest BCUT2D eigenvalue weighted by Crippen LogP contribution is -2.41. The minimum atomic E-state index is 0.0955. The number of ether oxygens (including phenoxy) is 1. The number of hydrogen-bond acceptors (Lipinski definition) is 2. The molecule has 1 aromatic carbocycles. The average Bonchev–Trinajstić information content (AvgIpc) is 3.00. The van der Waals surface area contributed by atoms with Crippen molar-refractivity contribution in [3.05, 3.63) is 53.3 Å². The predicted molar refractivity (Wildman–Crippen MR) is 90.8 cm³/mol. The van der Waals surface area contributed by atoms with E-state index in [9.17, 15) is 4.79 Å². The van der Waals surface area contributed by atoms with Gasteiger partial charge in [0.05, 0.1) is 6.61 Å². The molecule has 1 aliphatic rings. The van der Waals surface area contributed by atoms with Crippen LogP contribution in [-0.4, -0.2) is 35.5 Å². The Kier molecular flexibility index (Phi) is 4.70. The molecule has 23 heavy (non-hydrogen) atoms. The fourth-order valence-electron chi connectivity index (χ4n) is 3.03. The molecule has 1 atom stereocenters. The van der Waals surface area contributed by atoms with E-state index in [4.69, 9.17) is 4.74 Å². The van der Waals surface area contributed by atoms with Gasteiger partial charge in [-0.1, -0.05) is 17.7 Å². The molecule has 4 heteroatoms. The number of carbonyl (C=O) groups is 1. The van der Waals surface area contributed by atoms with Gasteiger partial charge in [0.25, 0.3) is 5.91 Å². The third-order valence-corrected chi connectivity index (χ3v) is 4.37. The second-order valence-electron chi connectivity index (χ2n) is 6.47. The minimum absolute atomic E-state index is 0.0955. The average molecular weight is 312 g/mol. The molecule has 3 rings (SSSR count). The van der Waals surface area contributed by atoms with E-state index in [2.05, 4.69) is 24.0 Å². The number of benzene rings is 1. The van der Waals surface area contributed by atoms with Crippen molar-refractivity contribution in [3.8, 4) is 5.75 Å². The fraction of sp³-hybridized carbons (Fsp3) is 0.421. The maximum absolute atomic E-state index is 12.5. The molecule has 122 valence electrons. The lowest BCUT2D eigenvalue weighted by atomic mass is 9.98. The number of nitrogens with zero attached hydrogens (tertiary/aromatic N) is 1. The van der Waals surface area contributed by atoms with Crippen molar-refractivity contribution in [2.75, 3.05) is 19.7 Å². The molecule has 2 aromatic rings. The van der Waals surface area contributed by atoms with Crippen LogP contribution in [0.3, 0.4) is 0 Å². The summed E-state index contributed by atoms with van der Waals surface area (Å²) in [5.74, 6) is 1.39. The Bertz CT molecular complexity index is 660. The van der Waals surface area contributed by atoms with Crippen molar-refractivity contribution < 1.29 is 9.53 Å². The van der Waals surface area contributed by atoms with Gasteiger partial charge in [-0.15, -0.1) is 0 Å². The van der Waals surface area contributed by atoms with Crippen LogP contribution in [0.15, 0.2) is 36.5 Å². The number of carbonyl (C=O) groups excluding carboxylic acids is 1. The van der Waals surface area contributed by atoms with Gasteiger partial charge in [-0.05, 0) is 50.5 Å². The van der Waals surface area contributed by atoms with Crippen LogP contribution in [0.5, 0.6) is 5.75 Å². The third-order valence-electron chi connectivity index (χ3n) is 4.37. The summed E-state index contributed by atoms with van der Waals surface area (Å²) in [5.41, 5.74) is 3.00. The molecule has 1 fully saturated rings. The predicted octanol–water partition coefficient (Wildman–Crippen LogP) is 3.56. The molecule has 0 radical (unpaired) electrons. The van der Waals surface area contributed by atoms with Crippen molar-refractivity contribution in [1.29, 1.82) is 0 Å². The number of rotatable bonds is 4. The Hall–Kier alpha value is -2.23. The Morgan fingerprint density at radius 1 is 1.26 bits per heavy atom. The van der Waals surface area contributed by atoms with Crippen molar-refractivity contribution >= 4 is 5.91 Å². The molecular weight excluding hydrogens is 288 g/mol. The molecule has 1 N–H and O–H groups in total. The largest absolute Gasteiger partial charge is 0.493 e. The quantitative estimate of drug-likeness (QED) is 0.938. The second kappa shape index (κ2) is 6.90. The van der Waals surface area contributed by atoms with Crippen LogP contribution in [-0.2, 0) is 0 Å².